The average molecular weight is 520 g/mol. The molecule has 1 atom stereocenters. The topological polar surface area (TPSA) is 86.2 Å². The molecular formula is C26H24Cl2N3NaO3. The van der Waals surface area contributed by atoms with Crippen molar-refractivity contribution in [2.24, 2.45) is 5.92 Å². The van der Waals surface area contributed by atoms with Crippen LogP contribution in [-0.4, -0.2) is 27.8 Å². The Balaban J connectivity index is 0.00000432. The maximum Gasteiger partial charge on any atom is 1.00 e. The Morgan fingerprint density at radius 2 is 1.60 bits per heavy atom. The number of ketones is 1. The molecule has 0 unspecified atom stereocenters. The second kappa shape index (κ2) is 13.8. The van der Waals surface area contributed by atoms with Gasteiger partial charge in [-0.3, -0.25) is 4.79 Å². The number of carbonyl (C=O) groups excluding carboxylic acids is 2. The number of aromatic nitrogens is 2. The first kappa shape index (κ1) is 29.0. The SMILES string of the molecule is CC(C)N(c1ccc(/C=C/C[C@H](CC(=O)c2c(Cl)cccc2Cl)C(=O)[O-])cc1)c1ncccn1.[Na+]. The number of nitrogens with zero attached hydrogens (tertiary/aromatic N) is 3. The Morgan fingerprint density at radius 1 is 1.00 bits per heavy atom. The molecule has 9 heteroatoms. The predicted molar refractivity (Wildman–Crippen MR) is 133 cm³/mol. The van der Waals surface area contributed by atoms with Crippen LogP contribution < -0.4 is 39.6 Å². The molecule has 35 heavy (non-hydrogen) atoms. The molecule has 0 bridgehead atoms. The monoisotopic (exact) mass is 519 g/mol. The summed E-state index contributed by atoms with van der Waals surface area (Å²) in [6, 6.07) is 14.4. The molecule has 1 heterocycles. The Kier molecular flexibility index (Phi) is 11.4. The van der Waals surface area contributed by atoms with E-state index in [2.05, 4.69) is 23.8 Å². The van der Waals surface area contributed by atoms with Crippen molar-refractivity contribution in [1.29, 1.82) is 0 Å². The van der Waals surface area contributed by atoms with Crippen LogP contribution in [0, 0.1) is 5.92 Å². The molecule has 0 aliphatic carbocycles. The summed E-state index contributed by atoms with van der Waals surface area (Å²) in [6.07, 6.45) is 6.81. The molecule has 3 rings (SSSR count). The number of halogens is 2. The maximum absolute atomic E-state index is 12.6. The Labute approximate surface area is 237 Å². The number of hydrogen-bond acceptors (Lipinski definition) is 6. The number of carboxylic acid groups (broad SMARTS) is 1. The molecule has 176 valence electrons. The third-order valence-electron chi connectivity index (χ3n) is 5.19. The zero-order valence-corrected chi connectivity index (χ0v) is 23.3. The second-order valence-corrected chi connectivity index (χ2v) is 8.80. The zero-order chi connectivity index (χ0) is 24.7. The number of benzene rings is 2. The second-order valence-electron chi connectivity index (χ2n) is 7.98. The minimum absolute atomic E-state index is 0. The van der Waals surface area contributed by atoms with Crippen LogP contribution in [0.3, 0.4) is 0 Å². The Bertz CT molecular complexity index is 1150. The van der Waals surface area contributed by atoms with Crippen molar-refractivity contribution in [3.05, 3.63) is 88.2 Å². The van der Waals surface area contributed by atoms with E-state index in [1.54, 1.807) is 42.7 Å². The van der Waals surface area contributed by atoms with Crippen molar-refractivity contribution in [3.8, 4) is 0 Å². The summed E-state index contributed by atoms with van der Waals surface area (Å²) in [6.45, 7) is 4.11. The number of hydrogen-bond donors (Lipinski definition) is 0. The summed E-state index contributed by atoms with van der Waals surface area (Å²) in [5.41, 5.74) is 1.96. The molecule has 0 radical (unpaired) electrons. The van der Waals surface area contributed by atoms with Crippen molar-refractivity contribution in [2.45, 2.75) is 32.7 Å². The Hall–Kier alpha value is -2.22. The van der Waals surface area contributed by atoms with Gasteiger partial charge in [-0.15, -0.1) is 0 Å². The number of rotatable bonds is 10. The predicted octanol–water partition coefficient (Wildman–Crippen LogP) is 2.38. The van der Waals surface area contributed by atoms with Crippen LogP contribution in [0.4, 0.5) is 11.6 Å². The molecule has 0 aliphatic heterocycles. The summed E-state index contributed by atoms with van der Waals surface area (Å²) < 4.78 is 0. The summed E-state index contributed by atoms with van der Waals surface area (Å²) in [4.78, 5) is 34.9. The number of anilines is 2. The van der Waals surface area contributed by atoms with Gasteiger partial charge in [0.25, 0.3) is 0 Å². The van der Waals surface area contributed by atoms with Gasteiger partial charge >= 0.3 is 29.6 Å². The zero-order valence-electron chi connectivity index (χ0n) is 19.8. The van der Waals surface area contributed by atoms with E-state index in [0.717, 1.165) is 11.3 Å². The van der Waals surface area contributed by atoms with E-state index in [9.17, 15) is 14.7 Å². The molecule has 6 nitrogen and oxygen atoms in total. The van der Waals surface area contributed by atoms with Gasteiger partial charge in [-0.1, -0.05) is 53.6 Å². The van der Waals surface area contributed by atoms with Crippen molar-refractivity contribution in [1.82, 2.24) is 9.97 Å². The minimum Gasteiger partial charge on any atom is -0.550 e. The largest absolute Gasteiger partial charge is 1.00 e. The summed E-state index contributed by atoms with van der Waals surface area (Å²) in [5.74, 6) is -2.12. The normalized spacial score (nSPS) is 11.8. The Morgan fingerprint density at radius 3 is 2.14 bits per heavy atom. The van der Waals surface area contributed by atoms with Crippen molar-refractivity contribution >= 4 is 52.7 Å². The molecule has 3 aromatic rings. The first-order chi connectivity index (χ1) is 16.3. The van der Waals surface area contributed by atoms with Crippen LogP contribution in [0.5, 0.6) is 0 Å². The van der Waals surface area contributed by atoms with Gasteiger partial charge in [-0.2, -0.15) is 0 Å². The van der Waals surface area contributed by atoms with Gasteiger partial charge in [0.15, 0.2) is 5.78 Å². The van der Waals surface area contributed by atoms with Gasteiger partial charge in [0.2, 0.25) is 5.95 Å². The molecular weight excluding hydrogens is 496 g/mol. The van der Waals surface area contributed by atoms with Crippen LogP contribution in [-0.2, 0) is 4.79 Å². The van der Waals surface area contributed by atoms with Gasteiger partial charge in [-0.25, -0.2) is 9.97 Å². The van der Waals surface area contributed by atoms with Crippen molar-refractivity contribution in [3.63, 3.8) is 0 Å². The maximum atomic E-state index is 12.6. The number of allylic oxidation sites excluding steroid dienone is 1. The van der Waals surface area contributed by atoms with Crippen molar-refractivity contribution in [2.75, 3.05) is 4.90 Å². The van der Waals surface area contributed by atoms with E-state index in [0.29, 0.717) is 5.95 Å². The van der Waals surface area contributed by atoms with E-state index in [4.69, 9.17) is 23.2 Å². The molecule has 2 aromatic carbocycles. The third-order valence-corrected chi connectivity index (χ3v) is 5.82. The number of carbonyl (C=O) groups is 2. The molecule has 0 N–H and O–H groups in total. The van der Waals surface area contributed by atoms with Gasteiger partial charge in [-0.05, 0) is 56.2 Å². The quantitative estimate of drug-likeness (QED) is 0.302. The molecule has 0 saturated heterocycles. The van der Waals surface area contributed by atoms with Gasteiger partial charge in [0.05, 0.1) is 15.6 Å². The van der Waals surface area contributed by atoms with E-state index >= 15 is 0 Å². The van der Waals surface area contributed by atoms with E-state index < -0.39 is 17.7 Å². The summed E-state index contributed by atoms with van der Waals surface area (Å²) in [7, 11) is 0. The third kappa shape index (κ3) is 7.89. The van der Waals surface area contributed by atoms with Gasteiger partial charge in [0, 0.05) is 42.4 Å². The molecule has 1 aromatic heterocycles. The first-order valence-corrected chi connectivity index (χ1v) is 11.5. The standard InChI is InChI=1S/C26H25Cl2N3O3.Na/c1-17(2)31(26-29-14-5-15-30-26)20-12-10-18(11-13-20)6-3-7-19(25(33)34)16-23(32)24-21(27)8-4-9-22(24)28;/h3-6,8-15,17,19H,7,16H2,1-2H3,(H,33,34);/q;+1/p-1/b6-3+;/t19-;/m1./s1. The number of carboxylic acids is 1. The fraction of sp³-hybridized carbons (Fsp3) is 0.231. The smallest absolute Gasteiger partial charge is 0.550 e. The molecule has 0 amide bonds. The molecule has 0 saturated carbocycles. The minimum atomic E-state index is -1.30. The molecule has 0 aliphatic rings. The van der Waals surface area contributed by atoms with Crippen molar-refractivity contribution < 1.29 is 44.3 Å². The fourth-order valence-corrected chi connectivity index (χ4v) is 4.14. The van der Waals surface area contributed by atoms with Crippen LogP contribution in [0.2, 0.25) is 10.0 Å². The van der Waals surface area contributed by atoms with Gasteiger partial charge in [0.1, 0.15) is 0 Å². The summed E-state index contributed by atoms with van der Waals surface area (Å²) >= 11 is 12.1. The van der Waals surface area contributed by atoms with E-state index in [1.165, 1.54) is 0 Å². The van der Waals surface area contributed by atoms with Crippen LogP contribution in [0.25, 0.3) is 6.08 Å². The van der Waals surface area contributed by atoms with E-state index in [1.807, 2.05) is 35.2 Å². The fourth-order valence-electron chi connectivity index (χ4n) is 3.53. The number of aliphatic carboxylic acids is 1. The molecule has 0 spiro atoms. The van der Waals surface area contributed by atoms with E-state index in [-0.39, 0.29) is 64.0 Å². The van der Waals surface area contributed by atoms with Crippen LogP contribution >= 0.6 is 23.2 Å². The first-order valence-electron chi connectivity index (χ1n) is 10.8. The van der Waals surface area contributed by atoms with Crippen LogP contribution in [0.15, 0.2) is 67.0 Å². The van der Waals surface area contributed by atoms with Crippen LogP contribution in [0.1, 0.15) is 42.6 Å². The summed E-state index contributed by atoms with van der Waals surface area (Å²) in [5, 5.41) is 12.0. The number of Topliss-reactive ketones (excluding diaryl/α,β-unsaturated/α-hetero) is 1. The molecule has 0 fully saturated rings. The van der Waals surface area contributed by atoms with Gasteiger partial charge < -0.3 is 14.8 Å². The average Bonchev–Trinajstić information content (AvgIpc) is 2.80.